The van der Waals surface area contributed by atoms with Crippen molar-refractivity contribution in [3.8, 4) is 0 Å². The van der Waals surface area contributed by atoms with Crippen molar-refractivity contribution in [1.82, 2.24) is 0 Å². The summed E-state index contributed by atoms with van der Waals surface area (Å²) in [6.07, 6.45) is 1.68. The van der Waals surface area contributed by atoms with Crippen LogP contribution < -0.4 is 0 Å². The maximum Gasteiger partial charge on any atom is 0.274 e. The Morgan fingerprint density at radius 2 is 1.76 bits per heavy atom. The number of rotatable bonds is 4. The summed E-state index contributed by atoms with van der Waals surface area (Å²) in [5.41, 5.74) is 1.50. The largest absolute Gasteiger partial charge is 0.285 e. The van der Waals surface area contributed by atoms with Crippen molar-refractivity contribution >= 4 is 16.2 Å². The fourth-order valence-corrected chi connectivity index (χ4v) is 2.76. The van der Waals surface area contributed by atoms with Crippen LogP contribution in [0.3, 0.4) is 0 Å². The van der Waals surface area contributed by atoms with E-state index in [1.54, 1.807) is 44.2 Å². The van der Waals surface area contributed by atoms with Crippen LogP contribution in [0.5, 0.6) is 0 Å². The molecule has 0 amide bonds. The molecule has 0 heterocycles. The van der Waals surface area contributed by atoms with Gasteiger partial charge in [0.05, 0.1) is 0 Å². The molecular formula is C13H18O3S. The van der Waals surface area contributed by atoms with Crippen LogP contribution in [0.2, 0.25) is 0 Å². The molecule has 0 bridgehead atoms. The van der Waals surface area contributed by atoms with Crippen LogP contribution >= 0.6 is 0 Å². The highest BCUT2D eigenvalue weighted by molar-refractivity contribution is 7.86. The number of benzene rings is 1. The zero-order valence-corrected chi connectivity index (χ0v) is 11.2. The van der Waals surface area contributed by atoms with E-state index >= 15 is 0 Å². The smallest absolute Gasteiger partial charge is 0.274 e. The van der Waals surface area contributed by atoms with Gasteiger partial charge in [0, 0.05) is 0 Å². The molecule has 94 valence electrons. The topological polar surface area (TPSA) is 54.4 Å². The standard InChI is InChI=1S/C13H18O3S/c1-5-11-6-8-12(9-7-11)13(4,10(2)3)17(14,15)16/h5-10H,1H2,2-4H3,(H,14,15,16). The third-order valence-corrected chi connectivity index (χ3v) is 5.14. The number of hydrogen-bond acceptors (Lipinski definition) is 2. The van der Waals surface area contributed by atoms with Crippen LogP contribution in [-0.4, -0.2) is 13.0 Å². The maximum absolute atomic E-state index is 11.6. The Hall–Kier alpha value is -1.13. The minimum Gasteiger partial charge on any atom is -0.285 e. The van der Waals surface area contributed by atoms with Crippen molar-refractivity contribution in [2.45, 2.75) is 25.5 Å². The van der Waals surface area contributed by atoms with E-state index in [1.165, 1.54) is 6.92 Å². The third-order valence-electron chi connectivity index (χ3n) is 3.36. The predicted molar refractivity (Wildman–Crippen MR) is 70.3 cm³/mol. The summed E-state index contributed by atoms with van der Waals surface area (Å²) in [4.78, 5) is 0. The second-order valence-corrected chi connectivity index (χ2v) is 6.36. The molecule has 0 saturated heterocycles. The van der Waals surface area contributed by atoms with Crippen LogP contribution in [0.1, 0.15) is 31.9 Å². The van der Waals surface area contributed by atoms with Crippen molar-refractivity contribution in [3.63, 3.8) is 0 Å². The Morgan fingerprint density at radius 3 is 2.06 bits per heavy atom. The molecule has 0 radical (unpaired) electrons. The molecule has 3 nitrogen and oxygen atoms in total. The van der Waals surface area contributed by atoms with Gasteiger partial charge in [-0.05, 0) is 24.0 Å². The molecule has 0 aliphatic rings. The zero-order valence-electron chi connectivity index (χ0n) is 10.3. The van der Waals surface area contributed by atoms with Gasteiger partial charge in [-0.2, -0.15) is 8.42 Å². The molecule has 17 heavy (non-hydrogen) atoms. The Kier molecular flexibility index (Phi) is 3.79. The fourth-order valence-electron chi connectivity index (χ4n) is 1.73. The highest BCUT2D eigenvalue weighted by Gasteiger charge is 2.42. The SMILES string of the molecule is C=Cc1ccc(C(C)(C(C)C)S(=O)(=O)O)cc1. The molecule has 1 N–H and O–H groups in total. The molecular weight excluding hydrogens is 236 g/mol. The van der Waals surface area contributed by atoms with Gasteiger partial charge in [-0.15, -0.1) is 0 Å². The van der Waals surface area contributed by atoms with E-state index in [0.717, 1.165) is 5.56 Å². The summed E-state index contributed by atoms with van der Waals surface area (Å²) in [6, 6.07) is 7.00. The van der Waals surface area contributed by atoms with Crippen LogP contribution in [0.15, 0.2) is 30.8 Å². The fraction of sp³-hybridized carbons (Fsp3) is 0.385. The van der Waals surface area contributed by atoms with Gasteiger partial charge >= 0.3 is 0 Å². The summed E-state index contributed by atoms with van der Waals surface area (Å²) >= 11 is 0. The van der Waals surface area contributed by atoms with Gasteiger partial charge in [-0.3, -0.25) is 4.55 Å². The molecule has 1 aromatic carbocycles. The predicted octanol–water partition coefficient (Wildman–Crippen LogP) is 3.09. The van der Waals surface area contributed by atoms with Crippen LogP contribution in [-0.2, 0) is 14.9 Å². The lowest BCUT2D eigenvalue weighted by atomic mass is 9.88. The van der Waals surface area contributed by atoms with E-state index in [0.29, 0.717) is 5.56 Å². The van der Waals surface area contributed by atoms with Gasteiger partial charge in [0.15, 0.2) is 0 Å². The van der Waals surface area contributed by atoms with Crippen LogP contribution in [0, 0.1) is 5.92 Å². The lowest BCUT2D eigenvalue weighted by Crippen LogP contribution is -2.37. The van der Waals surface area contributed by atoms with Gasteiger partial charge in [-0.1, -0.05) is 50.8 Å². The van der Waals surface area contributed by atoms with E-state index in [-0.39, 0.29) is 5.92 Å². The molecule has 0 aliphatic heterocycles. The van der Waals surface area contributed by atoms with Crippen molar-refractivity contribution in [2.24, 2.45) is 5.92 Å². The Bertz CT molecular complexity index is 500. The lowest BCUT2D eigenvalue weighted by Gasteiger charge is -2.30. The second-order valence-electron chi connectivity index (χ2n) is 4.56. The average Bonchev–Trinajstić information content (AvgIpc) is 2.26. The first-order chi connectivity index (χ1) is 7.73. The number of hydrogen-bond donors (Lipinski definition) is 1. The van der Waals surface area contributed by atoms with Crippen molar-refractivity contribution in [2.75, 3.05) is 0 Å². The molecule has 0 fully saturated rings. The molecule has 1 rings (SSSR count). The van der Waals surface area contributed by atoms with E-state index in [1.807, 2.05) is 0 Å². The minimum absolute atomic E-state index is 0.230. The summed E-state index contributed by atoms with van der Waals surface area (Å²) in [6.45, 7) is 8.72. The molecule has 0 spiro atoms. The summed E-state index contributed by atoms with van der Waals surface area (Å²) in [7, 11) is -4.16. The monoisotopic (exact) mass is 254 g/mol. The van der Waals surface area contributed by atoms with Gasteiger partial charge in [0.1, 0.15) is 4.75 Å². The molecule has 0 aromatic heterocycles. The second kappa shape index (κ2) is 4.63. The first-order valence-corrected chi connectivity index (χ1v) is 6.87. The first-order valence-electron chi connectivity index (χ1n) is 5.43. The summed E-state index contributed by atoms with van der Waals surface area (Å²) in [5.74, 6) is -0.230. The first kappa shape index (κ1) is 13.9. The van der Waals surface area contributed by atoms with Crippen molar-refractivity contribution in [3.05, 3.63) is 42.0 Å². The van der Waals surface area contributed by atoms with Crippen molar-refractivity contribution < 1.29 is 13.0 Å². The quantitative estimate of drug-likeness (QED) is 0.840. The van der Waals surface area contributed by atoms with Crippen LogP contribution in [0.4, 0.5) is 0 Å². The maximum atomic E-state index is 11.6. The Morgan fingerprint density at radius 1 is 1.29 bits per heavy atom. The average molecular weight is 254 g/mol. The zero-order chi connectivity index (χ0) is 13.3. The van der Waals surface area contributed by atoms with E-state index in [9.17, 15) is 13.0 Å². The third kappa shape index (κ3) is 2.42. The van der Waals surface area contributed by atoms with Crippen LogP contribution in [0.25, 0.3) is 6.08 Å². The van der Waals surface area contributed by atoms with Gasteiger partial charge in [0.2, 0.25) is 0 Å². The highest BCUT2D eigenvalue weighted by Crippen LogP contribution is 2.36. The van der Waals surface area contributed by atoms with Gasteiger partial charge in [0.25, 0.3) is 10.1 Å². The van der Waals surface area contributed by atoms with E-state index in [4.69, 9.17) is 0 Å². The molecule has 0 aliphatic carbocycles. The molecule has 4 heteroatoms. The highest BCUT2D eigenvalue weighted by atomic mass is 32.2. The van der Waals surface area contributed by atoms with E-state index < -0.39 is 14.9 Å². The summed E-state index contributed by atoms with van der Waals surface area (Å²) < 4.78 is 31.3. The Balaban J connectivity index is 3.38. The van der Waals surface area contributed by atoms with Crippen molar-refractivity contribution in [1.29, 1.82) is 0 Å². The Labute approximate surface area is 103 Å². The summed E-state index contributed by atoms with van der Waals surface area (Å²) in [5, 5.41) is 0. The van der Waals surface area contributed by atoms with Gasteiger partial charge in [-0.25, -0.2) is 0 Å². The van der Waals surface area contributed by atoms with E-state index in [2.05, 4.69) is 6.58 Å². The van der Waals surface area contributed by atoms with Gasteiger partial charge < -0.3 is 0 Å². The molecule has 1 aromatic rings. The molecule has 1 atom stereocenters. The molecule has 0 saturated carbocycles. The minimum atomic E-state index is -4.16. The lowest BCUT2D eigenvalue weighted by molar-refractivity contribution is 0.381. The molecule has 1 unspecified atom stereocenters. The normalized spacial score (nSPS) is 15.6.